The number of aromatic nitrogens is 2. The van der Waals surface area contributed by atoms with E-state index in [1.54, 1.807) is 0 Å². The molecular formula is C2HN5O. The fraction of sp³-hybridized carbons (Fsp3) is 0. The van der Waals surface area contributed by atoms with Gasteiger partial charge in [-0.1, -0.05) is 5.16 Å². The summed E-state index contributed by atoms with van der Waals surface area (Å²) >= 11 is 0. The average Bonchev–Trinajstić information content (AvgIpc) is 2.19. The maximum absolute atomic E-state index is 7.79. The zero-order valence-corrected chi connectivity index (χ0v) is 3.72. The van der Waals surface area contributed by atoms with Crippen LogP contribution in [0.15, 0.2) is 15.9 Å². The lowest BCUT2D eigenvalue weighted by Crippen LogP contribution is -1.51. The van der Waals surface area contributed by atoms with Crippen LogP contribution in [0.4, 0.5) is 5.82 Å². The average molecular weight is 111 g/mol. The van der Waals surface area contributed by atoms with Crippen LogP contribution in [0.5, 0.6) is 0 Å². The molecule has 1 heterocycles. The number of azide groups is 1. The Bertz CT molecular complexity index is 196. The summed E-state index contributed by atoms with van der Waals surface area (Å²) < 4.78 is 4.10. The minimum Gasteiger partial charge on any atom is -0.244 e. The highest BCUT2D eigenvalue weighted by Crippen LogP contribution is 2.01. The fourth-order valence-corrected chi connectivity index (χ4v) is 0.250. The van der Waals surface area contributed by atoms with Crippen molar-refractivity contribution in [3.05, 3.63) is 16.6 Å². The Labute approximate surface area is 43.7 Å². The topological polar surface area (TPSA) is 87.7 Å². The van der Waals surface area contributed by atoms with Crippen LogP contribution in [0.2, 0.25) is 0 Å². The van der Waals surface area contributed by atoms with Crippen LogP contribution in [0.1, 0.15) is 0 Å². The molecule has 0 N–H and O–H groups in total. The highest BCUT2D eigenvalue weighted by molar-refractivity contribution is 5.16. The second kappa shape index (κ2) is 1.94. The summed E-state index contributed by atoms with van der Waals surface area (Å²) in [5.74, 6) is 0.146. The van der Waals surface area contributed by atoms with Gasteiger partial charge in [-0.25, -0.2) is 4.63 Å². The molecule has 0 fully saturated rings. The highest BCUT2D eigenvalue weighted by atomic mass is 16.6. The van der Waals surface area contributed by atoms with Gasteiger partial charge in [0.05, 0.1) is 0 Å². The molecule has 6 nitrogen and oxygen atoms in total. The van der Waals surface area contributed by atoms with Crippen molar-refractivity contribution >= 4 is 5.82 Å². The Balaban J connectivity index is 2.93. The molecule has 0 aliphatic carbocycles. The first-order chi connectivity index (χ1) is 3.93. The van der Waals surface area contributed by atoms with E-state index in [4.69, 9.17) is 5.53 Å². The maximum atomic E-state index is 7.79. The Kier molecular flexibility index (Phi) is 1.12. The summed E-state index contributed by atoms with van der Waals surface area (Å²) in [5, 5.41) is 9.47. The van der Waals surface area contributed by atoms with E-state index in [1.807, 2.05) is 0 Å². The summed E-state index contributed by atoms with van der Waals surface area (Å²) in [6, 6.07) is 0. The molecule has 0 saturated carbocycles. The molecule has 0 radical (unpaired) electrons. The molecule has 0 bridgehead atoms. The minimum atomic E-state index is 0.146. The van der Waals surface area contributed by atoms with Gasteiger partial charge in [0.2, 0.25) is 0 Å². The molecule has 0 aliphatic rings. The van der Waals surface area contributed by atoms with Crippen molar-refractivity contribution in [1.29, 1.82) is 0 Å². The van der Waals surface area contributed by atoms with Gasteiger partial charge in [0.15, 0.2) is 5.82 Å². The zero-order chi connectivity index (χ0) is 5.82. The molecule has 8 heavy (non-hydrogen) atoms. The smallest absolute Gasteiger partial charge is 0.190 e. The number of hydrogen-bond donors (Lipinski definition) is 0. The van der Waals surface area contributed by atoms with Gasteiger partial charge in [-0.2, -0.15) is 0 Å². The second-order valence-electron chi connectivity index (χ2n) is 0.955. The van der Waals surface area contributed by atoms with Gasteiger partial charge >= 0.3 is 0 Å². The normalized spacial score (nSPS) is 8.00. The molecule has 1 aromatic rings. The highest BCUT2D eigenvalue weighted by Gasteiger charge is 1.87. The Morgan fingerprint density at radius 1 is 1.88 bits per heavy atom. The molecule has 40 valence electrons. The summed E-state index contributed by atoms with van der Waals surface area (Å²) in [6.45, 7) is 0. The van der Waals surface area contributed by atoms with Gasteiger partial charge in [-0.15, -0.1) is 0 Å². The van der Waals surface area contributed by atoms with E-state index in [0.29, 0.717) is 0 Å². The van der Waals surface area contributed by atoms with E-state index in [0.717, 1.165) is 0 Å². The van der Waals surface area contributed by atoms with Gasteiger partial charge in [0.25, 0.3) is 0 Å². The van der Waals surface area contributed by atoms with Crippen LogP contribution < -0.4 is 0 Å². The quantitative estimate of drug-likeness (QED) is 0.307. The van der Waals surface area contributed by atoms with Crippen molar-refractivity contribution in [2.24, 2.45) is 5.11 Å². The summed E-state index contributed by atoms with van der Waals surface area (Å²) in [6.07, 6.45) is 1.22. The predicted octanol–water partition coefficient (Wildman–Crippen LogP) is 1.01. The summed E-state index contributed by atoms with van der Waals surface area (Å²) in [4.78, 5) is 2.44. The van der Waals surface area contributed by atoms with Crippen molar-refractivity contribution < 1.29 is 4.63 Å². The minimum absolute atomic E-state index is 0.146. The molecular weight excluding hydrogens is 110 g/mol. The lowest BCUT2D eigenvalue weighted by molar-refractivity contribution is 0.308. The summed E-state index contributed by atoms with van der Waals surface area (Å²) in [7, 11) is 0. The molecule has 0 atom stereocenters. The summed E-state index contributed by atoms with van der Waals surface area (Å²) in [5.41, 5.74) is 7.79. The molecule has 1 aromatic heterocycles. The third kappa shape index (κ3) is 0.742. The number of nitrogens with zero attached hydrogens (tertiary/aromatic N) is 5. The Morgan fingerprint density at radius 2 is 2.75 bits per heavy atom. The maximum Gasteiger partial charge on any atom is 0.190 e. The number of rotatable bonds is 1. The zero-order valence-electron chi connectivity index (χ0n) is 3.72. The van der Waals surface area contributed by atoms with Crippen LogP contribution in [0.3, 0.4) is 0 Å². The van der Waals surface area contributed by atoms with Crippen molar-refractivity contribution in [3.8, 4) is 0 Å². The SMILES string of the molecule is [N-]=[N+]=Nc1cnon1. The third-order valence-corrected chi connectivity index (χ3v) is 0.497. The van der Waals surface area contributed by atoms with Crippen LogP contribution in [0.25, 0.3) is 10.4 Å². The van der Waals surface area contributed by atoms with Crippen LogP contribution in [-0.4, -0.2) is 10.3 Å². The first-order valence-electron chi connectivity index (χ1n) is 1.76. The molecule has 0 aromatic carbocycles. The largest absolute Gasteiger partial charge is 0.244 e. The second-order valence-corrected chi connectivity index (χ2v) is 0.955. The molecule has 1 rings (SSSR count). The predicted molar refractivity (Wildman–Crippen MR) is 23.1 cm³/mol. The van der Waals surface area contributed by atoms with Gasteiger partial charge in [-0.05, 0) is 15.8 Å². The lowest BCUT2D eigenvalue weighted by atomic mass is 10.8. The van der Waals surface area contributed by atoms with Crippen LogP contribution in [-0.2, 0) is 0 Å². The van der Waals surface area contributed by atoms with Crippen molar-refractivity contribution in [1.82, 2.24) is 10.3 Å². The third-order valence-electron chi connectivity index (χ3n) is 0.497. The van der Waals surface area contributed by atoms with Gasteiger partial charge < -0.3 is 0 Å². The van der Waals surface area contributed by atoms with E-state index in [1.165, 1.54) is 6.20 Å². The standard InChI is InChI=1S/C2HN5O/c3-7-5-2-1-4-8-6-2/h1H. The Hall–Kier alpha value is -1.55. The van der Waals surface area contributed by atoms with Crippen molar-refractivity contribution in [3.63, 3.8) is 0 Å². The van der Waals surface area contributed by atoms with Crippen LogP contribution >= 0.6 is 0 Å². The molecule has 0 aliphatic heterocycles. The fourth-order valence-electron chi connectivity index (χ4n) is 0.250. The molecule has 0 unspecified atom stereocenters. The van der Waals surface area contributed by atoms with E-state index >= 15 is 0 Å². The Morgan fingerprint density at radius 3 is 3.25 bits per heavy atom. The molecule has 0 amide bonds. The van der Waals surface area contributed by atoms with Crippen molar-refractivity contribution in [2.75, 3.05) is 0 Å². The first-order valence-corrected chi connectivity index (χ1v) is 1.76. The molecule has 0 saturated heterocycles. The lowest BCUT2D eigenvalue weighted by Gasteiger charge is -1.63. The van der Waals surface area contributed by atoms with Crippen molar-refractivity contribution in [2.45, 2.75) is 0 Å². The van der Waals surface area contributed by atoms with E-state index in [-0.39, 0.29) is 5.82 Å². The van der Waals surface area contributed by atoms with Gasteiger partial charge in [-0.3, -0.25) is 0 Å². The van der Waals surface area contributed by atoms with Gasteiger partial charge in [0, 0.05) is 4.91 Å². The number of hydrogen-bond acceptors (Lipinski definition) is 4. The van der Waals surface area contributed by atoms with E-state index in [2.05, 4.69) is 25.0 Å². The monoisotopic (exact) mass is 111 g/mol. The van der Waals surface area contributed by atoms with E-state index < -0.39 is 0 Å². The molecule has 6 heteroatoms. The molecule has 0 spiro atoms. The van der Waals surface area contributed by atoms with E-state index in [9.17, 15) is 0 Å². The van der Waals surface area contributed by atoms with Crippen LogP contribution in [0, 0.1) is 0 Å². The first kappa shape index (κ1) is 4.61. The van der Waals surface area contributed by atoms with Gasteiger partial charge in [0.1, 0.15) is 6.20 Å².